The van der Waals surface area contributed by atoms with Crippen molar-refractivity contribution in [1.82, 2.24) is 9.55 Å². The van der Waals surface area contributed by atoms with E-state index in [0.717, 1.165) is 32.2 Å². The first kappa shape index (κ1) is 12.2. The Hall–Kier alpha value is -0.870. The number of rotatable bonds is 8. The molecule has 0 aliphatic heterocycles. The van der Waals surface area contributed by atoms with Crippen LogP contribution in [0.25, 0.3) is 0 Å². The zero-order valence-corrected chi connectivity index (χ0v) is 9.18. The molecular weight excluding hydrogens is 190 g/mol. The zero-order chi connectivity index (χ0) is 10.9. The molecule has 1 heterocycles. The lowest BCUT2D eigenvalue weighted by atomic mass is 9.99. The van der Waals surface area contributed by atoms with Crippen LogP contribution in [0.1, 0.15) is 25.7 Å². The summed E-state index contributed by atoms with van der Waals surface area (Å²) >= 11 is 0. The number of nitrogens with zero attached hydrogens (tertiary/aromatic N) is 2. The second-order valence-electron chi connectivity index (χ2n) is 3.92. The van der Waals surface area contributed by atoms with Crippen LogP contribution in [0.3, 0.4) is 0 Å². The van der Waals surface area contributed by atoms with Crippen molar-refractivity contribution >= 4 is 0 Å². The van der Waals surface area contributed by atoms with E-state index in [1.54, 1.807) is 6.20 Å². The number of aliphatic hydroxyl groups is 1. The maximum Gasteiger partial charge on any atom is 0.0945 e. The predicted octanol–water partition coefficient (Wildman–Crippen LogP) is 1.01. The van der Waals surface area contributed by atoms with Gasteiger partial charge in [-0.3, -0.25) is 0 Å². The normalized spacial score (nSPS) is 12.9. The van der Waals surface area contributed by atoms with Crippen LogP contribution in [0.2, 0.25) is 0 Å². The predicted molar refractivity (Wildman–Crippen MR) is 60.3 cm³/mol. The highest BCUT2D eigenvalue weighted by Gasteiger charge is 2.05. The van der Waals surface area contributed by atoms with E-state index < -0.39 is 0 Å². The largest absolute Gasteiger partial charge is 0.396 e. The van der Waals surface area contributed by atoms with Crippen LogP contribution in [0, 0.1) is 5.92 Å². The van der Waals surface area contributed by atoms with Gasteiger partial charge in [0, 0.05) is 25.5 Å². The molecule has 4 nitrogen and oxygen atoms in total. The molecule has 0 bridgehead atoms. The van der Waals surface area contributed by atoms with Gasteiger partial charge in [0.05, 0.1) is 6.33 Å². The minimum atomic E-state index is 0.266. The molecule has 0 aliphatic carbocycles. The van der Waals surface area contributed by atoms with Crippen LogP contribution < -0.4 is 5.73 Å². The molecule has 0 amide bonds. The fourth-order valence-corrected chi connectivity index (χ4v) is 1.71. The maximum absolute atomic E-state index is 9.07. The molecule has 1 atom stereocenters. The second kappa shape index (κ2) is 7.43. The van der Waals surface area contributed by atoms with E-state index in [0.29, 0.717) is 12.5 Å². The Bertz CT molecular complexity index is 236. The van der Waals surface area contributed by atoms with Gasteiger partial charge in [-0.15, -0.1) is 0 Å². The molecule has 1 aromatic heterocycles. The van der Waals surface area contributed by atoms with E-state index in [-0.39, 0.29) is 6.61 Å². The van der Waals surface area contributed by atoms with Gasteiger partial charge in [-0.2, -0.15) is 0 Å². The number of aliphatic hydroxyl groups excluding tert-OH is 1. The Balaban J connectivity index is 2.05. The third kappa shape index (κ3) is 4.95. The maximum atomic E-state index is 9.07. The SMILES string of the molecule is NCCC(CO)CCCCn1ccnc1. The molecule has 4 heteroatoms. The molecule has 1 aromatic rings. The summed E-state index contributed by atoms with van der Waals surface area (Å²) in [5.74, 6) is 0.387. The first-order valence-electron chi connectivity index (χ1n) is 5.63. The Morgan fingerprint density at radius 1 is 1.33 bits per heavy atom. The van der Waals surface area contributed by atoms with E-state index in [1.165, 1.54) is 0 Å². The van der Waals surface area contributed by atoms with Crippen molar-refractivity contribution in [2.75, 3.05) is 13.2 Å². The molecule has 0 spiro atoms. The molecule has 15 heavy (non-hydrogen) atoms. The second-order valence-corrected chi connectivity index (χ2v) is 3.92. The number of unbranched alkanes of at least 4 members (excludes halogenated alkanes) is 1. The third-order valence-corrected chi connectivity index (χ3v) is 2.67. The van der Waals surface area contributed by atoms with E-state index >= 15 is 0 Å². The van der Waals surface area contributed by atoms with Crippen LogP contribution in [0.15, 0.2) is 18.7 Å². The molecule has 86 valence electrons. The van der Waals surface area contributed by atoms with Crippen LogP contribution in [0.5, 0.6) is 0 Å². The molecule has 0 aliphatic rings. The van der Waals surface area contributed by atoms with Crippen molar-refractivity contribution in [3.05, 3.63) is 18.7 Å². The van der Waals surface area contributed by atoms with Gasteiger partial charge >= 0.3 is 0 Å². The summed E-state index contributed by atoms with van der Waals surface area (Å²) in [6.07, 6.45) is 9.89. The topological polar surface area (TPSA) is 64.1 Å². The molecule has 0 aromatic carbocycles. The quantitative estimate of drug-likeness (QED) is 0.631. The molecule has 0 saturated heterocycles. The smallest absolute Gasteiger partial charge is 0.0945 e. The third-order valence-electron chi connectivity index (χ3n) is 2.67. The number of hydrogen-bond donors (Lipinski definition) is 2. The van der Waals surface area contributed by atoms with E-state index in [9.17, 15) is 0 Å². The van der Waals surface area contributed by atoms with Gasteiger partial charge < -0.3 is 15.4 Å². The first-order chi connectivity index (χ1) is 7.36. The Labute approximate surface area is 91.1 Å². The Morgan fingerprint density at radius 2 is 2.20 bits per heavy atom. The van der Waals surface area contributed by atoms with Crippen LogP contribution in [0.4, 0.5) is 0 Å². The number of aryl methyl sites for hydroxylation is 1. The summed E-state index contributed by atoms with van der Waals surface area (Å²) in [5, 5.41) is 9.07. The summed E-state index contributed by atoms with van der Waals surface area (Å²) < 4.78 is 2.08. The van der Waals surface area contributed by atoms with Gasteiger partial charge in [0.25, 0.3) is 0 Å². The summed E-state index contributed by atoms with van der Waals surface area (Å²) in [7, 11) is 0. The average molecular weight is 211 g/mol. The number of hydrogen-bond acceptors (Lipinski definition) is 3. The highest BCUT2D eigenvalue weighted by atomic mass is 16.3. The van der Waals surface area contributed by atoms with Gasteiger partial charge in [-0.05, 0) is 31.7 Å². The summed E-state index contributed by atoms with van der Waals surface area (Å²) in [6.45, 7) is 1.95. The van der Waals surface area contributed by atoms with E-state index in [2.05, 4.69) is 9.55 Å². The Kier molecular flexibility index (Phi) is 6.04. The number of imidazole rings is 1. The molecule has 0 fully saturated rings. The van der Waals surface area contributed by atoms with Gasteiger partial charge in [0.2, 0.25) is 0 Å². The summed E-state index contributed by atoms with van der Waals surface area (Å²) in [6, 6.07) is 0. The van der Waals surface area contributed by atoms with Gasteiger partial charge in [-0.25, -0.2) is 4.98 Å². The lowest BCUT2D eigenvalue weighted by molar-refractivity contribution is 0.209. The number of nitrogens with two attached hydrogens (primary N) is 1. The van der Waals surface area contributed by atoms with Crippen molar-refractivity contribution in [3.63, 3.8) is 0 Å². The molecule has 3 N–H and O–H groups in total. The van der Waals surface area contributed by atoms with Crippen molar-refractivity contribution < 1.29 is 5.11 Å². The van der Waals surface area contributed by atoms with Gasteiger partial charge in [-0.1, -0.05) is 6.42 Å². The fraction of sp³-hybridized carbons (Fsp3) is 0.727. The number of aromatic nitrogens is 2. The van der Waals surface area contributed by atoms with E-state index in [1.807, 2.05) is 12.5 Å². The molecule has 1 unspecified atom stereocenters. The van der Waals surface area contributed by atoms with E-state index in [4.69, 9.17) is 10.8 Å². The molecule has 1 rings (SSSR count). The lowest BCUT2D eigenvalue weighted by Crippen LogP contribution is -2.12. The van der Waals surface area contributed by atoms with Crippen molar-refractivity contribution in [2.45, 2.75) is 32.2 Å². The van der Waals surface area contributed by atoms with Gasteiger partial charge in [0.15, 0.2) is 0 Å². The van der Waals surface area contributed by atoms with Crippen LogP contribution >= 0.6 is 0 Å². The van der Waals surface area contributed by atoms with Crippen LogP contribution in [-0.2, 0) is 6.54 Å². The zero-order valence-electron chi connectivity index (χ0n) is 9.18. The average Bonchev–Trinajstić information content (AvgIpc) is 2.75. The fourth-order valence-electron chi connectivity index (χ4n) is 1.71. The Morgan fingerprint density at radius 3 is 2.80 bits per heavy atom. The molecule has 0 saturated carbocycles. The first-order valence-corrected chi connectivity index (χ1v) is 5.63. The molecule has 0 radical (unpaired) electrons. The van der Waals surface area contributed by atoms with Crippen LogP contribution in [-0.4, -0.2) is 27.8 Å². The lowest BCUT2D eigenvalue weighted by Gasteiger charge is -2.12. The van der Waals surface area contributed by atoms with Crippen molar-refractivity contribution in [2.24, 2.45) is 11.7 Å². The standard InChI is InChI=1S/C11H21N3O/c12-5-4-11(9-15)3-1-2-7-14-8-6-13-10-14/h6,8,10-11,15H,1-5,7,9,12H2. The highest BCUT2D eigenvalue weighted by molar-refractivity contribution is 4.73. The monoisotopic (exact) mass is 211 g/mol. The highest BCUT2D eigenvalue weighted by Crippen LogP contribution is 2.11. The summed E-state index contributed by atoms with van der Waals surface area (Å²) in [5.41, 5.74) is 5.46. The van der Waals surface area contributed by atoms with Crippen molar-refractivity contribution in [1.29, 1.82) is 0 Å². The van der Waals surface area contributed by atoms with Gasteiger partial charge in [0.1, 0.15) is 0 Å². The molecular formula is C11H21N3O. The minimum absolute atomic E-state index is 0.266. The minimum Gasteiger partial charge on any atom is -0.396 e. The van der Waals surface area contributed by atoms with Crippen molar-refractivity contribution in [3.8, 4) is 0 Å². The summed E-state index contributed by atoms with van der Waals surface area (Å²) in [4.78, 5) is 3.99.